The molecule has 0 aliphatic heterocycles. The standard InChI is InChI=1S/C20H25NOS2/c1-15-4-8-18(9-5-15)14-23-13-12-21-20(22)17(3)24-19-10-6-16(2)7-11-19/h4-11,17H,12-14H2,1-3H3,(H,21,22). The van der Waals surface area contributed by atoms with Crippen molar-refractivity contribution in [2.75, 3.05) is 12.3 Å². The number of aryl methyl sites for hydroxylation is 2. The van der Waals surface area contributed by atoms with Crippen LogP contribution in [-0.2, 0) is 10.5 Å². The van der Waals surface area contributed by atoms with Gasteiger partial charge in [0, 0.05) is 22.9 Å². The average Bonchev–Trinajstić information content (AvgIpc) is 2.58. The van der Waals surface area contributed by atoms with Crippen LogP contribution in [0.3, 0.4) is 0 Å². The molecule has 0 aromatic heterocycles. The van der Waals surface area contributed by atoms with Crippen molar-refractivity contribution in [3.8, 4) is 0 Å². The molecule has 0 saturated carbocycles. The van der Waals surface area contributed by atoms with E-state index in [1.165, 1.54) is 16.7 Å². The SMILES string of the molecule is Cc1ccc(CSCCNC(=O)C(C)Sc2ccc(C)cc2)cc1. The Hall–Kier alpha value is -1.39. The number of rotatable bonds is 8. The summed E-state index contributed by atoms with van der Waals surface area (Å²) in [6.45, 7) is 6.84. The third-order valence-electron chi connectivity index (χ3n) is 3.64. The van der Waals surface area contributed by atoms with Crippen LogP contribution >= 0.6 is 23.5 Å². The van der Waals surface area contributed by atoms with E-state index in [0.29, 0.717) is 6.54 Å². The normalized spacial score (nSPS) is 12.0. The molecule has 2 rings (SSSR count). The van der Waals surface area contributed by atoms with Crippen LogP contribution in [0.4, 0.5) is 0 Å². The summed E-state index contributed by atoms with van der Waals surface area (Å²) in [7, 11) is 0. The Morgan fingerprint density at radius 3 is 2.21 bits per heavy atom. The van der Waals surface area contributed by atoms with Crippen LogP contribution in [0.1, 0.15) is 23.6 Å². The molecule has 1 unspecified atom stereocenters. The Bertz CT molecular complexity index is 638. The van der Waals surface area contributed by atoms with Gasteiger partial charge in [-0.3, -0.25) is 4.79 Å². The Morgan fingerprint density at radius 2 is 1.58 bits per heavy atom. The molecule has 24 heavy (non-hydrogen) atoms. The summed E-state index contributed by atoms with van der Waals surface area (Å²) in [6.07, 6.45) is 0. The first-order chi connectivity index (χ1) is 11.5. The molecule has 0 aliphatic rings. The quantitative estimate of drug-likeness (QED) is 0.540. The molecule has 4 heteroatoms. The summed E-state index contributed by atoms with van der Waals surface area (Å²) in [5.41, 5.74) is 3.86. The highest BCUT2D eigenvalue weighted by Gasteiger charge is 2.13. The van der Waals surface area contributed by atoms with E-state index < -0.39 is 0 Å². The lowest BCUT2D eigenvalue weighted by Gasteiger charge is -2.12. The van der Waals surface area contributed by atoms with Crippen LogP contribution in [0.5, 0.6) is 0 Å². The summed E-state index contributed by atoms with van der Waals surface area (Å²) in [4.78, 5) is 13.3. The average molecular weight is 360 g/mol. The molecule has 1 atom stereocenters. The van der Waals surface area contributed by atoms with Crippen LogP contribution in [0.15, 0.2) is 53.4 Å². The molecular weight excluding hydrogens is 334 g/mol. The van der Waals surface area contributed by atoms with Gasteiger partial charge in [0.15, 0.2) is 0 Å². The molecule has 0 bridgehead atoms. The van der Waals surface area contributed by atoms with Crippen molar-refractivity contribution < 1.29 is 4.79 Å². The largest absolute Gasteiger partial charge is 0.354 e. The maximum absolute atomic E-state index is 12.1. The predicted octanol–water partition coefficient (Wildman–Crippen LogP) is 4.83. The van der Waals surface area contributed by atoms with E-state index in [1.54, 1.807) is 11.8 Å². The first kappa shape index (κ1) is 18.9. The highest BCUT2D eigenvalue weighted by molar-refractivity contribution is 8.00. The molecule has 0 fully saturated rings. The number of nitrogens with one attached hydrogen (secondary N) is 1. The Balaban J connectivity index is 1.63. The maximum Gasteiger partial charge on any atom is 0.233 e. The number of hydrogen-bond acceptors (Lipinski definition) is 3. The fraction of sp³-hybridized carbons (Fsp3) is 0.350. The fourth-order valence-electron chi connectivity index (χ4n) is 2.14. The topological polar surface area (TPSA) is 29.1 Å². The van der Waals surface area contributed by atoms with Crippen LogP contribution in [0.25, 0.3) is 0 Å². The van der Waals surface area contributed by atoms with Crippen molar-refractivity contribution >= 4 is 29.4 Å². The van der Waals surface area contributed by atoms with Gasteiger partial charge < -0.3 is 5.32 Å². The third-order valence-corrected chi connectivity index (χ3v) is 5.78. The lowest BCUT2D eigenvalue weighted by atomic mass is 10.2. The van der Waals surface area contributed by atoms with E-state index in [0.717, 1.165) is 16.4 Å². The Kier molecular flexibility index (Phi) is 7.73. The van der Waals surface area contributed by atoms with Crippen molar-refractivity contribution in [3.63, 3.8) is 0 Å². The van der Waals surface area contributed by atoms with Crippen molar-refractivity contribution in [1.82, 2.24) is 5.32 Å². The molecule has 128 valence electrons. The van der Waals surface area contributed by atoms with Gasteiger partial charge in [-0.25, -0.2) is 0 Å². The number of carbonyl (C=O) groups is 1. The lowest BCUT2D eigenvalue weighted by molar-refractivity contribution is -0.120. The van der Waals surface area contributed by atoms with Crippen LogP contribution in [-0.4, -0.2) is 23.5 Å². The highest BCUT2D eigenvalue weighted by Crippen LogP contribution is 2.23. The minimum Gasteiger partial charge on any atom is -0.354 e. The second-order valence-electron chi connectivity index (χ2n) is 5.90. The van der Waals surface area contributed by atoms with Gasteiger partial charge in [0.2, 0.25) is 5.91 Å². The van der Waals surface area contributed by atoms with Gasteiger partial charge in [-0.15, -0.1) is 11.8 Å². The zero-order valence-electron chi connectivity index (χ0n) is 14.5. The van der Waals surface area contributed by atoms with Crippen LogP contribution in [0.2, 0.25) is 0 Å². The molecule has 0 aliphatic carbocycles. The molecule has 2 aromatic carbocycles. The summed E-state index contributed by atoms with van der Waals surface area (Å²) in [5, 5.41) is 2.95. The second-order valence-corrected chi connectivity index (χ2v) is 8.42. The number of benzene rings is 2. The van der Waals surface area contributed by atoms with Gasteiger partial charge in [0.05, 0.1) is 5.25 Å². The zero-order valence-corrected chi connectivity index (χ0v) is 16.2. The molecule has 1 N–H and O–H groups in total. The Morgan fingerprint density at radius 1 is 1.00 bits per heavy atom. The first-order valence-corrected chi connectivity index (χ1v) is 10.2. The van der Waals surface area contributed by atoms with Crippen molar-refractivity contribution in [2.45, 2.75) is 36.7 Å². The zero-order chi connectivity index (χ0) is 17.4. The van der Waals surface area contributed by atoms with E-state index in [4.69, 9.17) is 0 Å². The van der Waals surface area contributed by atoms with Crippen LogP contribution < -0.4 is 5.32 Å². The molecule has 2 aromatic rings. The van der Waals surface area contributed by atoms with Gasteiger partial charge in [-0.2, -0.15) is 11.8 Å². The summed E-state index contributed by atoms with van der Waals surface area (Å²) in [6, 6.07) is 16.9. The molecule has 0 heterocycles. The third kappa shape index (κ3) is 6.62. The van der Waals surface area contributed by atoms with E-state index in [-0.39, 0.29) is 11.2 Å². The minimum absolute atomic E-state index is 0.0743. The lowest BCUT2D eigenvalue weighted by Crippen LogP contribution is -2.32. The molecule has 1 amide bonds. The maximum atomic E-state index is 12.1. The minimum atomic E-state index is -0.0743. The smallest absolute Gasteiger partial charge is 0.233 e. The second kappa shape index (κ2) is 9.80. The summed E-state index contributed by atoms with van der Waals surface area (Å²) < 4.78 is 0. The van der Waals surface area contributed by atoms with Gasteiger partial charge in [-0.1, -0.05) is 47.5 Å². The predicted molar refractivity (Wildman–Crippen MR) is 107 cm³/mol. The summed E-state index contributed by atoms with van der Waals surface area (Å²) in [5.74, 6) is 2.03. The number of amides is 1. The Labute approximate surface area is 153 Å². The van der Waals surface area contributed by atoms with Crippen molar-refractivity contribution in [3.05, 3.63) is 65.2 Å². The number of hydrogen-bond donors (Lipinski definition) is 1. The molecular formula is C20H25NOS2. The highest BCUT2D eigenvalue weighted by atomic mass is 32.2. The number of thioether (sulfide) groups is 2. The first-order valence-electron chi connectivity index (χ1n) is 8.19. The fourth-order valence-corrected chi connectivity index (χ4v) is 3.85. The van der Waals surface area contributed by atoms with Gasteiger partial charge in [-0.05, 0) is 38.5 Å². The van der Waals surface area contributed by atoms with Gasteiger partial charge >= 0.3 is 0 Å². The molecule has 0 spiro atoms. The number of carbonyl (C=O) groups excluding carboxylic acids is 1. The van der Waals surface area contributed by atoms with E-state index >= 15 is 0 Å². The van der Waals surface area contributed by atoms with Crippen molar-refractivity contribution in [2.24, 2.45) is 0 Å². The van der Waals surface area contributed by atoms with E-state index in [1.807, 2.05) is 18.7 Å². The monoisotopic (exact) mass is 359 g/mol. The molecule has 0 radical (unpaired) electrons. The van der Waals surface area contributed by atoms with Gasteiger partial charge in [0.1, 0.15) is 0 Å². The van der Waals surface area contributed by atoms with E-state index in [9.17, 15) is 4.79 Å². The van der Waals surface area contributed by atoms with Crippen LogP contribution in [0, 0.1) is 13.8 Å². The molecule has 2 nitrogen and oxygen atoms in total. The summed E-state index contributed by atoms with van der Waals surface area (Å²) >= 11 is 3.45. The molecule has 0 saturated heterocycles. The van der Waals surface area contributed by atoms with E-state index in [2.05, 4.69) is 67.7 Å². The van der Waals surface area contributed by atoms with Crippen molar-refractivity contribution in [1.29, 1.82) is 0 Å². The van der Waals surface area contributed by atoms with Gasteiger partial charge in [0.25, 0.3) is 0 Å².